The highest BCUT2D eigenvalue weighted by Gasteiger charge is 2.03. The molecule has 0 aliphatic heterocycles. The lowest BCUT2D eigenvalue weighted by Crippen LogP contribution is -2.21. The van der Waals surface area contributed by atoms with E-state index in [1.54, 1.807) is 6.20 Å². The van der Waals surface area contributed by atoms with E-state index in [4.69, 9.17) is 5.53 Å². The van der Waals surface area contributed by atoms with Crippen LogP contribution in [-0.4, -0.2) is 34.6 Å². The van der Waals surface area contributed by atoms with Gasteiger partial charge in [0.2, 0.25) is 0 Å². The Morgan fingerprint density at radius 2 is 2.47 bits per heavy atom. The molecule has 1 aromatic rings. The quantitative estimate of drug-likeness (QED) is 0.308. The molecule has 0 radical (unpaired) electrons. The highest BCUT2D eigenvalue weighted by molar-refractivity contribution is 4.90. The van der Waals surface area contributed by atoms with Crippen molar-refractivity contribution in [2.24, 2.45) is 12.2 Å². The molecule has 0 bridgehead atoms. The van der Waals surface area contributed by atoms with Gasteiger partial charge in [-0.25, -0.2) is 4.98 Å². The summed E-state index contributed by atoms with van der Waals surface area (Å²) in [5.41, 5.74) is 8.11. The fraction of sp³-hybridized carbons (Fsp3) is 0.667. The molecule has 0 saturated carbocycles. The first-order chi connectivity index (χ1) is 7.24. The Morgan fingerprint density at radius 3 is 3.07 bits per heavy atom. The molecule has 15 heavy (non-hydrogen) atoms. The van der Waals surface area contributed by atoms with Crippen LogP contribution in [0.5, 0.6) is 0 Å². The molecule has 82 valence electrons. The van der Waals surface area contributed by atoms with Gasteiger partial charge in [0.25, 0.3) is 0 Å². The Hall–Kier alpha value is -1.52. The van der Waals surface area contributed by atoms with E-state index in [1.807, 2.05) is 24.9 Å². The summed E-state index contributed by atoms with van der Waals surface area (Å²) < 4.78 is 2.00. The smallest absolute Gasteiger partial charge is 0.122 e. The van der Waals surface area contributed by atoms with E-state index in [9.17, 15) is 0 Å². The van der Waals surface area contributed by atoms with Gasteiger partial charge in [-0.05, 0) is 25.5 Å². The Kier molecular flexibility index (Phi) is 4.66. The first-order valence-electron chi connectivity index (χ1n) is 4.89. The zero-order valence-electron chi connectivity index (χ0n) is 9.17. The monoisotopic (exact) mass is 208 g/mol. The van der Waals surface area contributed by atoms with Gasteiger partial charge in [0.15, 0.2) is 0 Å². The molecule has 0 spiro atoms. The molecule has 1 aromatic heterocycles. The third kappa shape index (κ3) is 4.01. The predicted molar refractivity (Wildman–Crippen MR) is 58.2 cm³/mol. The van der Waals surface area contributed by atoms with Crippen molar-refractivity contribution < 1.29 is 0 Å². The molecule has 0 aromatic carbocycles. The van der Waals surface area contributed by atoms with E-state index >= 15 is 0 Å². The SMILES string of the molecule is CN(CCCN=[N+]=[N-])Cc1nccn1C. The van der Waals surface area contributed by atoms with Gasteiger partial charge in [-0.2, -0.15) is 0 Å². The molecule has 0 aliphatic rings. The largest absolute Gasteiger partial charge is 0.337 e. The van der Waals surface area contributed by atoms with Crippen LogP contribution in [-0.2, 0) is 13.6 Å². The molecule has 6 nitrogen and oxygen atoms in total. The van der Waals surface area contributed by atoms with E-state index in [1.165, 1.54) is 0 Å². The zero-order valence-corrected chi connectivity index (χ0v) is 9.17. The van der Waals surface area contributed by atoms with Crippen LogP contribution in [0.1, 0.15) is 12.2 Å². The second kappa shape index (κ2) is 6.06. The lowest BCUT2D eigenvalue weighted by atomic mass is 10.4. The first-order valence-corrected chi connectivity index (χ1v) is 4.89. The Balaban J connectivity index is 2.27. The third-order valence-corrected chi connectivity index (χ3v) is 2.19. The summed E-state index contributed by atoms with van der Waals surface area (Å²) in [6, 6.07) is 0. The minimum absolute atomic E-state index is 0.557. The minimum Gasteiger partial charge on any atom is -0.337 e. The zero-order chi connectivity index (χ0) is 11.1. The van der Waals surface area contributed by atoms with Crippen LogP contribution in [0, 0.1) is 0 Å². The van der Waals surface area contributed by atoms with Crippen LogP contribution < -0.4 is 0 Å². The summed E-state index contributed by atoms with van der Waals surface area (Å²) in [5, 5.41) is 3.49. The van der Waals surface area contributed by atoms with Crippen LogP contribution in [0.2, 0.25) is 0 Å². The van der Waals surface area contributed by atoms with Gasteiger partial charge in [-0.15, -0.1) is 0 Å². The molecule has 6 heteroatoms. The number of nitrogens with zero attached hydrogens (tertiary/aromatic N) is 6. The second-order valence-electron chi connectivity index (χ2n) is 3.50. The van der Waals surface area contributed by atoms with Crippen molar-refractivity contribution in [3.63, 3.8) is 0 Å². The van der Waals surface area contributed by atoms with E-state index in [0.29, 0.717) is 6.54 Å². The van der Waals surface area contributed by atoms with Gasteiger partial charge in [-0.3, -0.25) is 4.90 Å². The van der Waals surface area contributed by atoms with Gasteiger partial charge in [0, 0.05) is 30.9 Å². The highest BCUT2D eigenvalue weighted by Crippen LogP contribution is 1.99. The number of aryl methyl sites for hydroxylation is 1. The van der Waals surface area contributed by atoms with Crippen molar-refractivity contribution in [2.45, 2.75) is 13.0 Å². The average Bonchev–Trinajstić information content (AvgIpc) is 2.59. The lowest BCUT2D eigenvalue weighted by Gasteiger charge is -2.15. The maximum atomic E-state index is 8.11. The lowest BCUT2D eigenvalue weighted by molar-refractivity contribution is 0.312. The number of hydrogen-bond donors (Lipinski definition) is 0. The van der Waals surface area contributed by atoms with E-state index in [0.717, 1.165) is 25.3 Å². The van der Waals surface area contributed by atoms with Crippen molar-refractivity contribution in [2.75, 3.05) is 20.1 Å². The summed E-state index contributed by atoms with van der Waals surface area (Å²) in [7, 11) is 4.01. The molecule has 0 saturated heterocycles. The molecule has 0 fully saturated rings. The van der Waals surface area contributed by atoms with Crippen LogP contribution in [0.4, 0.5) is 0 Å². The van der Waals surface area contributed by atoms with Crippen molar-refractivity contribution in [1.29, 1.82) is 0 Å². The van der Waals surface area contributed by atoms with Crippen molar-refractivity contribution in [3.05, 3.63) is 28.7 Å². The minimum atomic E-state index is 0.557. The summed E-state index contributed by atoms with van der Waals surface area (Å²) >= 11 is 0. The maximum absolute atomic E-state index is 8.11. The Bertz CT molecular complexity index is 338. The molecule has 0 amide bonds. The van der Waals surface area contributed by atoms with Crippen LogP contribution in [0.15, 0.2) is 17.5 Å². The molecular weight excluding hydrogens is 192 g/mol. The second-order valence-corrected chi connectivity index (χ2v) is 3.50. The van der Waals surface area contributed by atoms with Gasteiger partial charge in [-0.1, -0.05) is 5.11 Å². The van der Waals surface area contributed by atoms with E-state index in [-0.39, 0.29) is 0 Å². The van der Waals surface area contributed by atoms with Gasteiger partial charge in [0.1, 0.15) is 5.82 Å². The van der Waals surface area contributed by atoms with Gasteiger partial charge < -0.3 is 4.57 Å². The highest BCUT2D eigenvalue weighted by atomic mass is 15.2. The third-order valence-electron chi connectivity index (χ3n) is 2.19. The average molecular weight is 208 g/mol. The van der Waals surface area contributed by atoms with E-state index in [2.05, 4.69) is 19.9 Å². The molecule has 0 aliphatic carbocycles. The Labute approximate surface area is 89.2 Å². The fourth-order valence-corrected chi connectivity index (χ4v) is 1.33. The molecule has 1 heterocycles. The number of azide groups is 1. The van der Waals surface area contributed by atoms with Crippen molar-refractivity contribution in [1.82, 2.24) is 14.5 Å². The van der Waals surface area contributed by atoms with Crippen LogP contribution in [0.25, 0.3) is 10.4 Å². The molecule has 0 N–H and O–H groups in total. The topological polar surface area (TPSA) is 69.8 Å². The summed E-state index contributed by atoms with van der Waals surface area (Å²) in [5.74, 6) is 1.04. The molecule has 0 unspecified atom stereocenters. The molecule has 0 atom stereocenters. The molecule has 1 rings (SSSR count). The number of imidazole rings is 1. The number of aromatic nitrogens is 2. The molecular formula is C9H16N6. The summed E-state index contributed by atoms with van der Waals surface area (Å²) in [6.45, 7) is 2.28. The maximum Gasteiger partial charge on any atom is 0.122 e. The summed E-state index contributed by atoms with van der Waals surface area (Å²) in [6.07, 6.45) is 4.61. The number of hydrogen-bond acceptors (Lipinski definition) is 3. The number of rotatable bonds is 6. The van der Waals surface area contributed by atoms with Gasteiger partial charge >= 0.3 is 0 Å². The van der Waals surface area contributed by atoms with E-state index < -0.39 is 0 Å². The van der Waals surface area contributed by atoms with Gasteiger partial charge in [0.05, 0.1) is 6.54 Å². The van der Waals surface area contributed by atoms with Crippen LogP contribution >= 0.6 is 0 Å². The first kappa shape index (κ1) is 11.6. The summed E-state index contributed by atoms with van der Waals surface area (Å²) in [4.78, 5) is 9.11. The fourth-order valence-electron chi connectivity index (χ4n) is 1.33. The predicted octanol–water partition coefficient (Wildman–Crippen LogP) is 1.55. The van der Waals surface area contributed by atoms with Crippen molar-refractivity contribution >= 4 is 0 Å². The van der Waals surface area contributed by atoms with Crippen molar-refractivity contribution in [3.8, 4) is 0 Å². The Morgan fingerprint density at radius 1 is 1.67 bits per heavy atom. The van der Waals surface area contributed by atoms with Crippen LogP contribution in [0.3, 0.4) is 0 Å². The standard InChI is InChI=1S/C9H16N6/c1-14(6-3-4-12-13-10)8-9-11-5-7-15(9)2/h5,7H,3-4,6,8H2,1-2H3. The normalized spacial score (nSPS) is 10.3.